The van der Waals surface area contributed by atoms with Crippen LogP contribution in [0.15, 0.2) is 24.3 Å². The van der Waals surface area contributed by atoms with Gasteiger partial charge in [-0.05, 0) is 55.2 Å². The van der Waals surface area contributed by atoms with Gasteiger partial charge in [0.05, 0.1) is 0 Å². The van der Waals surface area contributed by atoms with Gasteiger partial charge in [0.2, 0.25) is 0 Å². The first-order valence-corrected chi connectivity index (χ1v) is 7.55. The summed E-state index contributed by atoms with van der Waals surface area (Å²) in [6.45, 7) is 6.83. The SMILES string of the molecule is CCC1CCC(Nc2cccc(C(C)C)c2)CC1. The van der Waals surface area contributed by atoms with Gasteiger partial charge >= 0.3 is 0 Å². The monoisotopic (exact) mass is 245 g/mol. The predicted molar refractivity (Wildman–Crippen MR) is 80.2 cm³/mol. The van der Waals surface area contributed by atoms with Crippen LogP contribution >= 0.6 is 0 Å². The van der Waals surface area contributed by atoms with Crippen molar-refractivity contribution in [1.82, 2.24) is 0 Å². The summed E-state index contributed by atoms with van der Waals surface area (Å²) in [6.07, 6.45) is 6.83. The smallest absolute Gasteiger partial charge is 0.0345 e. The highest BCUT2D eigenvalue weighted by molar-refractivity contribution is 5.47. The van der Waals surface area contributed by atoms with E-state index in [0.717, 1.165) is 5.92 Å². The summed E-state index contributed by atoms with van der Waals surface area (Å²) in [6, 6.07) is 9.61. The fourth-order valence-electron chi connectivity index (χ4n) is 2.94. The zero-order chi connectivity index (χ0) is 13.0. The van der Waals surface area contributed by atoms with E-state index in [1.54, 1.807) is 0 Å². The third-order valence-electron chi connectivity index (χ3n) is 4.35. The first-order valence-electron chi connectivity index (χ1n) is 7.55. The Morgan fingerprint density at radius 1 is 1.17 bits per heavy atom. The third-order valence-corrected chi connectivity index (χ3v) is 4.35. The van der Waals surface area contributed by atoms with E-state index >= 15 is 0 Å². The van der Waals surface area contributed by atoms with E-state index < -0.39 is 0 Å². The average molecular weight is 245 g/mol. The lowest BCUT2D eigenvalue weighted by atomic mass is 9.84. The van der Waals surface area contributed by atoms with Crippen LogP contribution in [-0.2, 0) is 0 Å². The van der Waals surface area contributed by atoms with Crippen molar-refractivity contribution in [2.24, 2.45) is 5.92 Å². The summed E-state index contributed by atoms with van der Waals surface area (Å²) in [5, 5.41) is 3.72. The number of rotatable bonds is 4. The van der Waals surface area contributed by atoms with Crippen LogP contribution in [0.3, 0.4) is 0 Å². The van der Waals surface area contributed by atoms with Crippen LogP contribution in [0.25, 0.3) is 0 Å². The molecule has 1 aromatic carbocycles. The van der Waals surface area contributed by atoms with Crippen molar-refractivity contribution < 1.29 is 0 Å². The lowest BCUT2D eigenvalue weighted by Crippen LogP contribution is -2.25. The van der Waals surface area contributed by atoms with Crippen molar-refractivity contribution in [1.29, 1.82) is 0 Å². The fraction of sp³-hybridized carbons (Fsp3) is 0.647. The molecule has 100 valence electrons. The van der Waals surface area contributed by atoms with E-state index in [0.29, 0.717) is 12.0 Å². The Hall–Kier alpha value is -0.980. The van der Waals surface area contributed by atoms with Gasteiger partial charge in [-0.2, -0.15) is 0 Å². The van der Waals surface area contributed by atoms with Gasteiger partial charge in [-0.15, -0.1) is 0 Å². The second-order valence-corrected chi connectivity index (χ2v) is 6.05. The molecule has 1 fully saturated rings. The molecule has 18 heavy (non-hydrogen) atoms. The molecular formula is C17H27N. The maximum Gasteiger partial charge on any atom is 0.0345 e. The first kappa shape index (κ1) is 13.5. The Morgan fingerprint density at radius 2 is 1.89 bits per heavy atom. The maximum atomic E-state index is 3.72. The lowest BCUT2D eigenvalue weighted by molar-refractivity contribution is 0.330. The van der Waals surface area contributed by atoms with Crippen LogP contribution in [0.1, 0.15) is 64.4 Å². The van der Waals surface area contributed by atoms with Crippen LogP contribution in [0.4, 0.5) is 5.69 Å². The quantitative estimate of drug-likeness (QED) is 0.769. The van der Waals surface area contributed by atoms with Crippen molar-refractivity contribution >= 4 is 5.69 Å². The highest BCUT2D eigenvalue weighted by atomic mass is 14.9. The molecular weight excluding hydrogens is 218 g/mol. The summed E-state index contributed by atoms with van der Waals surface area (Å²) in [5.74, 6) is 1.59. The molecule has 0 atom stereocenters. The van der Waals surface area contributed by atoms with Crippen molar-refractivity contribution in [3.8, 4) is 0 Å². The summed E-state index contributed by atoms with van der Waals surface area (Å²) in [5.41, 5.74) is 2.74. The second-order valence-electron chi connectivity index (χ2n) is 6.05. The minimum atomic E-state index is 0.613. The number of hydrogen-bond acceptors (Lipinski definition) is 1. The highest BCUT2D eigenvalue weighted by Gasteiger charge is 2.19. The molecule has 1 saturated carbocycles. The maximum absolute atomic E-state index is 3.72. The van der Waals surface area contributed by atoms with Gasteiger partial charge < -0.3 is 5.32 Å². The molecule has 0 saturated heterocycles. The number of benzene rings is 1. The van der Waals surface area contributed by atoms with E-state index in [9.17, 15) is 0 Å². The van der Waals surface area contributed by atoms with E-state index in [2.05, 4.69) is 50.4 Å². The van der Waals surface area contributed by atoms with Crippen LogP contribution in [0.5, 0.6) is 0 Å². The summed E-state index contributed by atoms with van der Waals surface area (Å²) < 4.78 is 0. The molecule has 2 rings (SSSR count). The van der Waals surface area contributed by atoms with Gasteiger partial charge in [0.25, 0.3) is 0 Å². The highest BCUT2D eigenvalue weighted by Crippen LogP contribution is 2.29. The minimum Gasteiger partial charge on any atom is -0.382 e. The lowest BCUT2D eigenvalue weighted by Gasteiger charge is -2.29. The van der Waals surface area contributed by atoms with Gasteiger partial charge in [0.1, 0.15) is 0 Å². The molecule has 1 N–H and O–H groups in total. The Labute approximate surface area is 112 Å². The van der Waals surface area contributed by atoms with Crippen LogP contribution < -0.4 is 5.32 Å². The second kappa shape index (κ2) is 6.26. The van der Waals surface area contributed by atoms with Crippen molar-refractivity contribution in [3.63, 3.8) is 0 Å². The number of nitrogens with one attached hydrogen (secondary N) is 1. The van der Waals surface area contributed by atoms with E-state index in [1.807, 2.05) is 0 Å². The summed E-state index contributed by atoms with van der Waals surface area (Å²) in [7, 11) is 0. The van der Waals surface area contributed by atoms with Crippen LogP contribution in [0, 0.1) is 5.92 Å². The largest absolute Gasteiger partial charge is 0.382 e. The fourth-order valence-corrected chi connectivity index (χ4v) is 2.94. The summed E-state index contributed by atoms with van der Waals surface area (Å²) >= 11 is 0. The Bertz CT molecular complexity index is 362. The van der Waals surface area contributed by atoms with Gasteiger partial charge in [0.15, 0.2) is 0 Å². The molecule has 0 bridgehead atoms. The molecule has 0 spiro atoms. The number of hydrogen-bond donors (Lipinski definition) is 1. The number of anilines is 1. The Morgan fingerprint density at radius 3 is 2.50 bits per heavy atom. The first-order chi connectivity index (χ1) is 8.69. The predicted octanol–water partition coefficient (Wildman–Crippen LogP) is 5.19. The van der Waals surface area contributed by atoms with Gasteiger partial charge in [0, 0.05) is 11.7 Å². The molecule has 1 heteroatoms. The molecule has 0 aromatic heterocycles. The van der Waals surface area contributed by atoms with Gasteiger partial charge in [-0.25, -0.2) is 0 Å². The molecule has 0 heterocycles. The van der Waals surface area contributed by atoms with E-state index in [4.69, 9.17) is 0 Å². The third kappa shape index (κ3) is 3.51. The van der Waals surface area contributed by atoms with Crippen molar-refractivity contribution in [2.45, 2.75) is 64.8 Å². The molecule has 1 aromatic rings. The van der Waals surface area contributed by atoms with E-state index in [-0.39, 0.29) is 0 Å². The molecule has 1 aliphatic carbocycles. The van der Waals surface area contributed by atoms with Gasteiger partial charge in [-0.1, -0.05) is 39.3 Å². The Kier molecular flexibility index (Phi) is 4.68. The van der Waals surface area contributed by atoms with E-state index in [1.165, 1.54) is 43.4 Å². The molecule has 1 aliphatic rings. The Balaban J connectivity index is 1.92. The molecule has 0 amide bonds. The minimum absolute atomic E-state index is 0.613. The van der Waals surface area contributed by atoms with Gasteiger partial charge in [-0.3, -0.25) is 0 Å². The van der Waals surface area contributed by atoms with Crippen molar-refractivity contribution in [3.05, 3.63) is 29.8 Å². The molecule has 0 aliphatic heterocycles. The molecule has 0 unspecified atom stereocenters. The molecule has 1 nitrogen and oxygen atoms in total. The topological polar surface area (TPSA) is 12.0 Å². The van der Waals surface area contributed by atoms with Crippen LogP contribution in [0.2, 0.25) is 0 Å². The standard InChI is InChI=1S/C17H27N/c1-4-14-8-10-16(11-9-14)18-17-7-5-6-15(12-17)13(2)3/h5-7,12-14,16,18H,4,8-11H2,1-3H3. The van der Waals surface area contributed by atoms with Crippen LogP contribution in [-0.4, -0.2) is 6.04 Å². The van der Waals surface area contributed by atoms with Crippen molar-refractivity contribution in [2.75, 3.05) is 5.32 Å². The zero-order valence-electron chi connectivity index (χ0n) is 12.1. The zero-order valence-corrected chi connectivity index (χ0v) is 12.1. The normalized spacial score (nSPS) is 24.2. The molecule has 0 radical (unpaired) electrons. The summed E-state index contributed by atoms with van der Waals surface area (Å²) in [4.78, 5) is 0. The average Bonchev–Trinajstić information content (AvgIpc) is 2.40.